The standard InChI is InChI=1S/C18H20N6O4S/c1-18(2)14(15-20-22-23-21-15)24-16(28)13(17(24)29-18)19-11(25)7-9-5-3-4-6-10(9)8-12(26)27/h3-6,13-14,17H,7-8H2,1-2H3,(H,19,25)(H,26,27)(H,20,21,22,23)/t13?,14?,17-/m1/s1. The first-order chi connectivity index (χ1) is 13.8. The molecule has 2 unspecified atom stereocenters. The molecule has 3 atom stereocenters. The third-order valence-electron chi connectivity index (χ3n) is 5.19. The van der Waals surface area contributed by atoms with Crippen LogP contribution in [0.2, 0.25) is 0 Å². The molecule has 0 radical (unpaired) electrons. The van der Waals surface area contributed by atoms with Crippen molar-refractivity contribution in [2.75, 3.05) is 0 Å². The number of fused-ring (bicyclic) bond motifs is 1. The van der Waals surface area contributed by atoms with Crippen molar-refractivity contribution in [3.05, 3.63) is 41.2 Å². The van der Waals surface area contributed by atoms with Gasteiger partial charge in [-0.25, -0.2) is 5.10 Å². The molecule has 1 aromatic carbocycles. The number of benzene rings is 1. The molecule has 11 heteroatoms. The number of aromatic amines is 1. The summed E-state index contributed by atoms with van der Waals surface area (Å²) in [5.74, 6) is -0.934. The van der Waals surface area contributed by atoms with E-state index in [-0.39, 0.29) is 40.8 Å². The highest BCUT2D eigenvalue weighted by Crippen LogP contribution is 2.56. The summed E-state index contributed by atoms with van der Waals surface area (Å²) < 4.78 is -0.324. The van der Waals surface area contributed by atoms with Crippen molar-refractivity contribution in [1.82, 2.24) is 30.8 Å². The predicted molar refractivity (Wildman–Crippen MR) is 103 cm³/mol. The average molecular weight is 416 g/mol. The Morgan fingerprint density at radius 3 is 2.59 bits per heavy atom. The molecule has 10 nitrogen and oxygen atoms in total. The van der Waals surface area contributed by atoms with E-state index < -0.39 is 12.0 Å². The van der Waals surface area contributed by atoms with Gasteiger partial charge in [0.15, 0.2) is 5.82 Å². The Hall–Kier alpha value is -2.95. The van der Waals surface area contributed by atoms with Gasteiger partial charge in [0.05, 0.1) is 12.8 Å². The Balaban J connectivity index is 1.45. The highest BCUT2D eigenvalue weighted by atomic mass is 32.2. The first kappa shape index (κ1) is 19.4. The molecular formula is C18H20N6O4S. The number of β-lactam (4-membered cyclic amide) rings is 1. The summed E-state index contributed by atoms with van der Waals surface area (Å²) in [4.78, 5) is 38.1. The van der Waals surface area contributed by atoms with Gasteiger partial charge in [-0.1, -0.05) is 24.3 Å². The first-order valence-corrected chi connectivity index (χ1v) is 9.97. The molecule has 0 spiro atoms. The third-order valence-corrected chi connectivity index (χ3v) is 6.76. The van der Waals surface area contributed by atoms with Gasteiger partial charge in [-0.2, -0.15) is 0 Å². The molecule has 2 aliphatic rings. The monoisotopic (exact) mass is 416 g/mol. The summed E-state index contributed by atoms with van der Waals surface area (Å²) in [5.41, 5.74) is 1.23. The molecule has 29 heavy (non-hydrogen) atoms. The molecule has 1 aromatic heterocycles. The van der Waals surface area contributed by atoms with E-state index in [0.29, 0.717) is 17.0 Å². The zero-order valence-corrected chi connectivity index (χ0v) is 16.6. The van der Waals surface area contributed by atoms with Crippen molar-refractivity contribution in [2.24, 2.45) is 0 Å². The molecule has 4 rings (SSSR count). The van der Waals surface area contributed by atoms with E-state index in [1.807, 2.05) is 13.8 Å². The quantitative estimate of drug-likeness (QED) is 0.571. The Bertz CT molecular complexity index is 963. The summed E-state index contributed by atoms with van der Waals surface area (Å²) >= 11 is 1.59. The van der Waals surface area contributed by atoms with Gasteiger partial charge < -0.3 is 15.3 Å². The van der Waals surface area contributed by atoms with Crippen LogP contribution in [0.15, 0.2) is 24.3 Å². The van der Waals surface area contributed by atoms with Crippen LogP contribution >= 0.6 is 11.8 Å². The van der Waals surface area contributed by atoms with Gasteiger partial charge in [0, 0.05) is 4.75 Å². The number of rotatable bonds is 6. The van der Waals surface area contributed by atoms with Crippen LogP contribution in [-0.2, 0) is 27.2 Å². The van der Waals surface area contributed by atoms with E-state index in [2.05, 4.69) is 25.9 Å². The van der Waals surface area contributed by atoms with Crippen LogP contribution in [-0.4, -0.2) is 64.6 Å². The fraction of sp³-hybridized carbons (Fsp3) is 0.444. The molecule has 0 bridgehead atoms. The summed E-state index contributed by atoms with van der Waals surface area (Å²) in [6.07, 6.45) is -0.136. The Labute approximate surface area is 170 Å². The van der Waals surface area contributed by atoms with Crippen molar-refractivity contribution >= 4 is 29.5 Å². The van der Waals surface area contributed by atoms with Crippen LogP contribution in [0.25, 0.3) is 0 Å². The Morgan fingerprint density at radius 2 is 1.97 bits per heavy atom. The second kappa shape index (κ2) is 7.14. The van der Waals surface area contributed by atoms with E-state index in [9.17, 15) is 14.4 Å². The maximum atomic E-state index is 12.8. The van der Waals surface area contributed by atoms with E-state index in [4.69, 9.17) is 5.11 Å². The lowest BCUT2D eigenvalue weighted by Crippen LogP contribution is -2.68. The maximum absolute atomic E-state index is 12.8. The number of carbonyl (C=O) groups is 3. The van der Waals surface area contributed by atoms with Crippen molar-refractivity contribution in [3.8, 4) is 0 Å². The number of carboxylic acid groups (broad SMARTS) is 1. The zero-order chi connectivity index (χ0) is 20.8. The third kappa shape index (κ3) is 3.46. The van der Waals surface area contributed by atoms with E-state index in [0.717, 1.165) is 0 Å². The molecule has 3 N–H and O–H groups in total. The number of nitrogens with one attached hydrogen (secondary N) is 2. The number of carbonyl (C=O) groups excluding carboxylic acids is 2. The van der Waals surface area contributed by atoms with E-state index in [1.165, 1.54) is 0 Å². The number of tetrazole rings is 1. The number of amides is 2. The SMILES string of the molecule is CC1(C)S[C@@H]2C(NC(=O)Cc3ccccc3CC(=O)O)C(=O)N2C1c1nnn[nH]1. The van der Waals surface area contributed by atoms with Crippen LogP contribution in [0.4, 0.5) is 0 Å². The van der Waals surface area contributed by atoms with Gasteiger partial charge in [-0.05, 0) is 35.4 Å². The smallest absolute Gasteiger partial charge is 0.307 e. The number of H-pyrrole nitrogens is 1. The number of thioether (sulfide) groups is 1. The lowest BCUT2D eigenvalue weighted by atomic mass is 9.95. The minimum absolute atomic E-state index is 0.0173. The largest absolute Gasteiger partial charge is 0.481 e. The molecule has 0 aliphatic carbocycles. The number of hydrogen-bond donors (Lipinski definition) is 3. The molecule has 2 aromatic rings. The van der Waals surface area contributed by atoms with Gasteiger partial charge >= 0.3 is 5.97 Å². The molecule has 0 saturated carbocycles. The summed E-state index contributed by atoms with van der Waals surface area (Å²) in [5, 5.41) is 25.6. The highest BCUT2D eigenvalue weighted by molar-refractivity contribution is 8.01. The summed E-state index contributed by atoms with van der Waals surface area (Å²) in [6, 6.07) is 5.99. The Morgan fingerprint density at radius 1 is 1.28 bits per heavy atom. The van der Waals surface area contributed by atoms with Crippen LogP contribution in [0.5, 0.6) is 0 Å². The van der Waals surface area contributed by atoms with Crippen molar-refractivity contribution < 1.29 is 19.5 Å². The molecule has 2 fully saturated rings. The second-order valence-corrected chi connectivity index (χ2v) is 9.38. The maximum Gasteiger partial charge on any atom is 0.307 e. The molecule has 2 amide bonds. The number of aliphatic carboxylic acids is 1. The van der Waals surface area contributed by atoms with Crippen LogP contribution in [0.1, 0.15) is 36.8 Å². The van der Waals surface area contributed by atoms with Crippen LogP contribution < -0.4 is 5.32 Å². The summed E-state index contributed by atoms with van der Waals surface area (Å²) in [7, 11) is 0. The molecule has 152 valence electrons. The number of nitrogens with zero attached hydrogens (tertiary/aromatic N) is 4. The van der Waals surface area contributed by atoms with Crippen molar-refractivity contribution in [1.29, 1.82) is 0 Å². The van der Waals surface area contributed by atoms with Gasteiger partial charge in [0.25, 0.3) is 0 Å². The van der Waals surface area contributed by atoms with E-state index >= 15 is 0 Å². The summed E-state index contributed by atoms with van der Waals surface area (Å²) in [6.45, 7) is 4.02. The lowest BCUT2D eigenvalue weighted by Gasteiger charge is -2.44. The fourth-order valence-electron chi connectivity index (χ4n) is 3.94. The molecule has 2 saturated heterocycles. The molecule has 2 aliphatic heterocycles. The lowest BCUT2D eigenvalue weighted by molar-refractivity contribution is -0.151. The van der Waals surface area contributed by atoms with Crippen LogP contribution in [0.3, 0.4) is 0 Å². The minimum atomic E-state index is -0.958. The Kier molecular flexibility index (Phi) is 4.77. The second-order valence-electron chi connectivity index (χ2n) is 7.61. The minimum Gasteiger partial charge on any atom is -0.481 e. The van der Waals surface area contributed by atoms with Crippen molar-refractivity contribution in [3.63, 3.8) is 0 Å². The van der Waals surface area contributed by atoms with Crippen molar-refractivity contribution in [2.45, 2.75) is 48.9 Å². The number of carboxylic acids is 1. The highest BCUT2D eigenvalue weighted by Gasteiger charge is 2.63. The normalized spacial score (nSPS) is 24.7. The zero-order valence-electron chi connectivity index (χ0n) is 15.8. The van der Waals surface area contributed by atoms with Gasteiger partial charge in [0.1, 0.15) is 17.5 Å². The average Bonchev–Trinajstić information content (AvgIpc) is 3.25. The molecular weight excluding hydrogens is 396 g/mol. The predicted octanol–water partition coefficient (Wildman–Crippen LogP) is 0.289. The topological polar surface area (TPSA) is 141 Å². The van der Waals surface area contributed by atoms with Gasteiger partial charge in [0.2, 0.25) is 11.8 Å². The first-order valence-electron chi connectivity index (χ1n) is 9.09. The van der Waals surface area contributed by atoms with Gasteiger partial charge in [-0.3, -0.25) is 14.4 Å². The molecule has 3 heterocycles. The van der Waals surface area contributed by atoms with Crippen LogP contribution in [0, 0.1) is 0 Å². The number of aromatic nitrogens is 4. The number of hydrogen-bond acceptors (Lipinski definition) is 7. The van der Waals surface area contributed by atoms with Gasteiger partial charge in [-0.15, -0.1) is 16.9 Å². The van der Waals surface area contributed by atoms with E-state index in [1.54, 1.807) is 40.9 Å². The fourth-order valence-corrected chi connectivity index (χ4v) is 5.57.